The lowest BCUT2D eigenvalue weighted by atomic mass is 9.53. The second kappa shape index (κ2) is 6.58. The van der Waals surface area contributed by atoms with E-state index in [0.717, 1.165) is 32.4 Å². The molecule has 1 spiro atoms. The lowest BCUT2D eigenvalue weighted by Crippen LogP contribution is -2.54. The number of furan rings is 1. The van der Waals surface area contributed by atoms with E-state index in [1.807, 2.05) is 4.90 Å². The van der Waals surface area contributed by atoms with Crippen molar-refractivity contribution in [2.75, 3.05) is 32.7 Å². The third-order valence-corrected chi connectivity index (χ3v) is 9.16. The fourth-order valence-electron chi connectivity index (χ4n) is 7.34. The quantitative estimate of drug-likeness (QED) is 0.544. The van der Waals surface area contributed by atoms with Gasteiger partial charge in [-0.25, -0.2) is 0 Å². The molecule has 5 aliphatic rings. The van der Waals surface area contributed by atoms with Gasteiger partial charge < -0.3 is 18.8 Å². The molecule has 3 aliphatic heterocycles. The van der Waals surface area contributed by atoms with Crippen LogP contribution in [0, 0.1) is 17.3 Å². The second-order valence-electron chi connectivity index (χ2n) is 10.8. The number of hydrogen-bond donors (Lipinski definition) is 0. The van der Waals surface area contributed by atoms with Crippen molar-refractivity contribution in [1.29, 1.82) is 0 Å². The Labute approximate surface area is 183 Å². The van der Waals surface area contributed by atoms with Gasteiger partial charge in [0.1, 0.15) is 11.7 Å². The van der Waals surface area contributed by atoms with Crippen molar-refractivity contribution < 1.29 is 23.5 Å². The summed E-state index contributed by atoms with van der Waals surface area (Å²) in [5.74, 6) is 0.443. The molecular formula is C24H32N2O5. The minimum atomic E-state index is -0.0911. The largest absolute Gasteiger partial charge is 0.462 e. The monoisotopic (exact) mass is 428 g/mol. The average molecular weight is 429 g/mol. The molecule has 7 nitrogen and oxygen atoms in total. The maximum atomic E-state index is 12.9. The first kappa shape index (κ1) is 19.8. The number of epoxide rings is 1. The summed E-state index contributed by atoms with van der Waals surface area (Å²) in [6.07, 6.45) is 6.93. The first-order chi connectivity index (χ1) is 14.8. The molecule has 0 bridgehead atoms. The zero-order valence-electron chi connectivity index (χ0n) is 18.5. The molecule has 1 aromatic heterocycles. The zero-order valence-corrected chi connectivity index (χ0v) is 18.5. The number of ether oxygens (including phenoxy) is 2. The van der Waals surface area contributed by atoms with Gasteiger partial charge in [-0.15, -0.1) is 0 Å². The van der Waals surface area contributed by atoms with Gasteiger partial charge in [-0.2, -0.15) is 0 Å². The van der Waals surface area contributed by atoms with E-state index in [2.05, 4.69) is 18.7 Å². The van der Waals surface area contributed by atoms with E-state index in [1.54, 1.807) is 12.1 Å². The summed E-state index contributed by atoms with van der Waals surface area (Å²) in [4.78, 5) is 29.5. The van der Waals surface area contributed by atoms with Crippen molar-refractivity contribution >= 4 is 11.9 Å². The van der Waals surface area contributed by atoms with Crippen LogP contribution in [0.15, 0.2) is 22.8 Å². The molecule has 168 valence electrons. The van der Waals surface area contributed by atoms with E-state index in [0.29, 0.717) is 25.4 Å². The molecule has 6 atom stereocenters. The summed E-state index contributed by atoms with van der Waals surface area (Å²) in [5.41, 5.74) is 0.0347. The van der Waals surface area contributed by atoms with E-state index in [-0.39, 0.29) is 46.4 Å². The Kier molecular flexibility index (Phi) is 4.20. The highest BCUT2D eigenvalue weighted by Crippen LogP contribution is 2.72. The van der Waals surface area contributed by atoms with Crippen LogP contribution < -0.4 is 0 Å². The summed E-state index contributed by atoms with van der Waals surface area (Å²) in [6, 6.07) is 3.44. The van der Waals surface area contributed by atoms with Crippen molar-refractivity contribution in [2.45, 2.75) is 63.3 Å². The molecule has 0 aromatic carbocycles. The normalized spacial score (nSPS) is 44.3. The van der Waals surface area contributed by atoms with E-state index >= 15 is 0 Å². The van der Waals surface area contributed by atoms with Crippen LogP contribution >= 0.6 is 0 Å². The molecule has 1 aromatic rings. The Hall–Kier alpha value is -1.86. The van der Waals surface area contributed by atoms with E-state index < -0.39 is 0 Å². The Bertz CT molecular complexity index is 894. The summed E-state index contributed by atoms with van der Waals surface area (Å²) in [7, 11) is 0. The molecule has 5 fully saturated rings. The van der Waals surface area contributed by atoms with E-state index in [4.69, 9.17) is 13.9 Å². The number of rotatable bonds is 3. The molecule has 0 N–H and O–H groups in total. The molecule has 7 heteroatoms. The summed E-state index contributed by atoms with van der Waals surface area (Å²) in [6.45, 7) is 8.18. The SMILES string of the molecule is C[C@]12CCC[C@]3(C)O[C@@]13C[C@H]1[C@H](CN3CCN(C(=O)c4ccco4)CC3)C(=O)O[C@@H]1C2. The number of hydrogen-bond acceptors (Lipinski definition) is 6. The van der Waals surface area contributed by atoms with Gasteiger partial charge in [-0.3, -0.25) is 14.5 Å². The third kappa shape index (κ3) is 2.78. The highest BCUT2D eigenvalue weighted by Gasteiger charge is 2.79. The molecule has 0 radical (unpaired) electrons. The molecular weight excluding hydrogens is 396 g/mol. The summed E-state index contributed by atoms with van der Waals surface area (Å²) >= 11 is 0. The number of fused-ring (bicyclic) bond motifs is 1. The number of amides is 1. The van der Waals surface area contributed by atoms with Crippen LogP contribution in [0.4, 0.5) is 0 Å². The van der Waals surface area contributed by atoms with Crippen LogP contribution in [-0.2, 0) is 14.3 Å². The smallest absolute Gasteiger partial charge is 0.310 e. The molecule has 2 aliphatic carbocycles. The second-order valence-corrected chi connectivity index (χ2v) is 10.8. The van der Waals surface area contributed by atoms with Crippen molar-refractivity contribution in [3.05, 3.63) is 24.2 Å². The number of carbonyl (C=O) groups excluding carboxylic acids is 2. The first-order valence-electron chi connectivity index (χ1n) is 11.8. The average Bonchev–Trinajstić information content (AvgIpc) is 3.06. The minimum Gasteiger partial charge on any atom is -0.462 e. The zero-order chi connectivity index (χ0) is 21.4. The molecule has 1 amide bonds. The van der Waals surface area contributed by atoms with Gasteiger partial charge in [0.15, 0.2) is 5.76 Å². The van der Waals surface area contributed by atoms with Crippen molar-refractivity contribution in [3.63, 3.8) is 0 Å². The molecule has 4 heterocycles. The molecule has 3 saturated heterocycles. The van der Waals surface area contributed by atoms with Crippen LogP contribution in [0.2, 0.25) is 0 Å². The number of nitrogens with zero attached hydrogens (tertiary/aromatic N) is 2. The number of piperazine rings is 1. The number of carbonyl (C=O) groups is 2. The molecule has 0 unspecified atom stereocenters. The van der Waals surface area contributed by atoms with Gasteiger partial charge in [0.25, 0.3) is 5.91 Å². The molecule has 2 saturated carbocycles. The van der Waals surface area contributed by atoms with Gasteiger partial charge in [0.2, 0.25) is 0 Å². The van der Waals surface area contributed by atoms with Crippen molar-refractivity contribution in [3.8, 4) is 0 Å². The van der Waals surface area contributed by atoms with Crippen molar-refractivity contribution in [1.82, 2.24) is 9.80 Å². The van der Waals surface area contributed by atoms with Gasteiger partial charge in [-0.1, -0.05) is 6.92 Å². The lowest BCUT2D eigenvalue weighted by molar-refractivity contribution is -0.146. The van der Waals surface area contributed by atoms with Crippen molar-refractivity contribution in [2.24, 2.45) is 17.3 Å². The first-order valence-corrected chi connectivity index (χ1v) is 11.8. The summed E-state index contributed by atoms with van der Waals surface area (Å²) < 4.78 is 17.7. The van der Waals surface area contributed by atoms with Gasteiger partial charge in [0.05, 0.1) is 17.8 Å². The standard InChI is InChI=1S/C24H32N2O5/c1-22-6-4-7-23(2)24(22,31-23)13-16-17(21(28)30-19(16)14-22)15-25-8-10-26(11-9-25)20(27)18-5-3-12-29-18/h3,5,12,16-17,19H,4,6-11,13-15H2,1-2H3/t16-,17-,19+,22+,23-,24-/m0/s1. The Morgan fingerprint density at radius 2 is 1.97 bits per heavy atom. The van der Waals surface area contributed by atoms with Gasteiger partial charge in [-0.05, 0) is 51.2 Å². The minimum absolute atomic E-state index is 0.0149. The predicted molar refractivity (Wildman–Crippen MR) is 111 cm³/mol. The maximum Gasteiger partial charge on any atom is 0.310 e. The Morgan fingerprint density at radius 1 is 1.16 bits per heavy atom. The third-order valence-electron chi connectivity index (χ3n) is 9.16. The van der Waals surface area contributed by atoms with Crippen LogP contribution in [0.25, 0.3) is 0 Å². The highest BCUT2D eigenvalue weighted by molar-refractivity contribution is 5.91. The van der Waals surface area contributed by atoms with Crippen LogP contribution in [0.5, 0.6) is 0 Å². The van der Waals surface area contributed by atoms with Crippen LogP contribution in [0.3, 0.4) is 0 Å². The molecule has 31 heavy (non-hydrogen) atoms. The van der Waals surface area contributed by atoms with E-state index in [1.165, 1.54) is 19.1 Å². The fraction of sp³-hybridized carbons (Fsp3) is 0.750. The topological polar surface area (TPSA) is 75.5 Å². The van der Waals surface area contributed by atoms with Gasteiger partial charge >= 0.3 is 5.97 Å². The number of esters is 1. The predicted octanol–water partition coefficient (Wildman–Crippen LogP) is 2.71. The Morgan fingerprint density at radius 3 is 2.71 bits per heavy atom. The maximum absolute atomic E-state index is 12.9. The van der Waals surface area contributed by atoms with Crippen LogP contribution in [-0.4, -0.2) is 71.7 Å². The summed E-state index contributed by atoms with van der Waals surface area (Å²) in [5, 5.41) is 0. The van der Waals surface area contributed by atoms with Gasteiger partial charge in [0, 0.05) is 44.1 Å². The van der Waals surface area contributed by atoms with Crippen LogP contribution in [0.1, 0.15) is 56.5 Å². The fourth-order valence-corrected chi connectivity index (χ4v) is 7.34. The Balaban J connectivity index is 1.12. The highest BCUT2D eigenvalue weighted by atomic mass is 16.6. The van der Waals surface area contributed by atoms with E-state index in [9.17, 15) is 9.59 Å². The molecule has 6 rings (SSSR count). The lowest BCUT2D eigenvalue weighted by Gasteiger charge is -2.48.